The van der Waals surface area contributed by atoms with Gasteiger partial charge in [0, 0.05) is 44.9 Å². The fourth-order valence-corrected chi connectivity index (χ4v) is 2.33. The molecule has 2 amide bonds. The van der Waals surface area contributed by atoms with E-state index in [0.29, 0.717) is 26.2 Å². The Balaban J connectivity index is 1.68. The van der Waals surface area contributed by atoms with Crippen molar-refractivity contribution in [2.24, 2.45) is 5.92 Å². The highest BCUT2D eigenvalue weighted by Crippen LogP contribution is 2.17. The number of likely N-dealkylation sites (tertiary alicyclic amines) is 1. The molecule has 1 saturated heterocycles. The van der Waals surface area contributed by atoms with Crippen LogP contribution in [-0.2, 0) is 16.1 Å². The summed E-state index contributed by atoms with van der Waals surface area (Å²) in [6.07, 6.45) is 5.11. The first-order valence-corrected chi connectivity index (χ1v) is 6.67. The molecule has 6 heteroatoms. The van der Waals surface area contributed by atoms with E-state index < -0.39 is 0 Å². The Bertz CT molecular complexity index is 422. The molecule has 104 valence electrons. The maximum Gasteiger partial charge on any atom is 0.223 e. The molecule has 1 fully saturated rings. The van der Waals surface area contributed by atoms with Crippen molar-refractivity contribution in [1.82, 2.24) is 20.0 Å². The van der Waals surface area contributed by atoms with E-state index in [0.717, 1.165) is 12.8 Å². The van der Waals surface area contributed by atoms with Crippen molar-refractivity contribution < 1.29 is 9.59 Å². The molecule has 0 radical (unpaired) electrons. The molecule has 0 bridgehead atoms. The van der Waals surface area contributed by atoms with Crippen LogP contribution < -0.4 is 5.32 Å². The molecule has 0 saturated carbocycles. The lowest BCUT2D eigenvalue weighted by molar-refractivity contribution is -0.133. The zero-order valence-corrected chi connectivity index (χ0v) is 11.2. The topological polar surface area (TPSA) is 67.2 Å². The lowest BCUT2D eigenvalue weighted by Crippen LogP contribution is -2.42. The average molecular weight is 264 g/mol. The normalized spacial score (nSPS) is 16.4. The van der Waals surface area contributed by atoms with Gasteiger partial charge in [-0.1, -0.05) is 0 Å². The van der Waals surface area contributed by atoms with Crippen LogP contribution in [-0.4, -0.2) is 46.1 Å². The van der Waals surface area contributed by atoms with Gasteiger partial charge in [0.1, 0.15) is 0 Å². The van der Waals surface area contributed by atoms with Gasteiger partial charge >= 0.3 is 0 Å². The van der Waals surface area contributed by atoms with Gasteiger partial charge in [0.05, 0.1) is 6.54 Å². The van der Waals surface area contributed by atoms with E-state index in [1.807, 2.05) is 12.3 Å². The van der Waals surface area contributed by atoms with Crippen LogP contribution in [0, 0.1) is 5.92 Å². The summed E-state index contributed by atoms with van der Waals surface area (Å²) in [4.78, 5) is 25.0. The van der Waals surface area contributed by atoms with Crippen LogP contribution in [0.1, 0.15) is 19.8 Å². The van der Waals surface area contributed by atoms with Crippen LogP contribution in [0.4, 0.5) is 0 Å². The molecule has 0 aromatic carbocycles. The lowest BCUT2D eigenvalue weighted by Gasteiger charge is -2.30. The van der Waals surface area contributed by atoms with Gasteiger partial charge in [-0.2, -0.15) is 5.10 Å². The molecule has 19 heavy (non-hydrogen) atoms. The third-order valence-corrected chi connectivity index (χ3v) is 3.51. The lowest BCUT2D eigenvalue weighted by atomic mass is 9.96. The van der Waals surface area contributed by atoms with Crippen molar-refractivity contribution in [3.63, 3.8) is 0 Å². The Morgan fingerprint density at radius 2 is 2.11 bits per heavy atom. The highest BCUT2D eigenvalue weighted by atomic mass is 16.2. The zero-order valence-electron chi connectivity index (χ0n) is 11.2. The molecule has 0 atom stereocenters. The van der Waals surface area contributed by atoms with Gasteiger partial charge in [0.2, 0.25) is 11.8 Å². The van der Waals surface area contributed by atoms with E-state index >= 15 is 0 Å². The fourth-order valence-electron chi connectivity index (χ4n) is 2.33. The van der Waals surface area contributed by atoms with Crippen LogP contribution in [0.5, 0.6) is 0 Å². The quantitative estimate of drug-likeness (QED) is 0.848. The van der Waals surface area contributed by atoms with Crippen molar-refractivity contribution in [1.29, 1.82) is 0 Å². The number of amides is 2. The molecule has 0 unspecified atom stereocenters. The summed E-state index contributed by atoms with van der Waals surface area (Å²) < 4.78 is 1.79. The Kier molecular flexibility index (Phi) is 4.54. The highest BCUT2D eigenvalue weighted by Gasteiger charge is 2.25. The SMILES string of the molecule is CC(=O)N1CCC(C(=O)NCCn2cccn2)CC1. The van der Waals surface area contributed by atoms with Crippen LogP contribution in [0.15, 0.2) is 18.5 Å². The molecular formula is C13H20N4O2. The van der Waals surface area contributed by atoms with Crippen LogP contribution in [0.25, 0.3) is 0 Å². The molecular weight excluding hydrogens is 244 g/mol. The van der Waals surface area contributed by atoms with Gasteiger partial charge in [-0.15, -0.1) is 0 Å². The fraction of sp³-hybridized carbons (Fsp3) is 0.615. The summed E-state index contributed by atoms with van der Waals surface area (Å²) >= 11 is 0. The first-order valence-electron chi connectivity index (χ1n) is 6.67. The summed E-state index contributed by atoms with van der Waals surface area (Å²) in [5.74, 6) is 0.223. The van der Waals surface area contributed by atoms with Crippen molar-refractivity contribution in [2.45, 2.75) is 26.3 Å². The van der Waals surface area contributed by atoms with E-state index in [2.05, 4.69) is 10.4 Å². The second-order valence-electron chi connectivity index (χ2n) is 4.84. The van der Waals surface area contributed by atoms with E-state index in [-0.39, 0.29) is 17.7 Å². The Hall–Kier alpha value is -1.85. The molecule has 2 heterocycles. The number of nitrogens with zero attached hydrogens (tertiary/aromatic N) is 3. The molecule has 0 spiro atoms. The van der Waals surface area contributed by atoms with Gasteiger partial charge in [-0.25, -0.2) is 0 Å². The van der Waals surface area contributed by atoms with Crippen molar-refractivity contribution in [3.05, 3.63) is 18.5 Å². The van der Waals surface area contributed by atoms with E-state index in [1.54, 1.807) is 22.7 Å². The average Bonchev–Trinajstić information content (AvgIpc) is 2.92. The smallest absolute Gasteiger partial charge is 0.223 e. The Labute approximate surface area is 112 Å². The van der Waals surface area contributed by atoms with Gasteiger partial charge in [-0.05, 0) is 18.9 Å². The molecule has 0 aliphatic carbocycles. The van der Waals surface area contributed by atoms with E-state index in [1.165, 1.54) is 0 Å². The van der Waals surface area contributed by atoms with Crippen LogP contribution in [0.2, 0.25) is 0 Å². The molecule has 1 N–H and O–H groups in total. The van der Waals surface area contributed by atoms with E-state index in [9.17, 15) is 9.59 Å². The molecule has 1 aromatic heterocycles. The first kappa shape index (κ1) is 13.6. The number of carbonyl (C=O) groups excluding carboxylic acids is 2. The predicted molar refractivity (Wildman–Crippen MR) is 70.2 cm³/mol. The second-order valence-corrected chi connectivity index (χ2v) is 4.84. The maximum absolute atomic E-state index is 12.0. The second kappa shape index (κ2) is 6.36. The highest BCUT2D eigenvalue weighted by molar-refractivity contribution is 5.79. The number of carbonyl (C=O) groups is 2. The van der Waals surface area contributed by atoms with Crippen LogP contribution >= 0.6 is 0 Å². The first-order chi connectivity index (χ1) is 9.16. The van der Waals surface area contributed by atoms with Gasteiger partial charge in [-0.3, -0.25) is 14.3 Å². The van der Waals surface area contributed by atoms with Crippen molar-refractivity contribution in [3.8, 4) is 0 Å². The standard InChI is InChI=1S/C13H20N4O2/c1-11(18)16-8-3-12(4-9-16)13(19)14-6-10-17-7-2-5-15-17/h2,5,7,12H,3-4,6,8-10H2,1H3,(H,14,19). The Morgan fingerprint density at radius 1 is 1.37 bits per heavy atom. The molecule has 1 aromatic rings. The van der Waals surface area contributed by atoms with Crippen molar-refractivity contribution >= 4 is 11.8 Å². The molecule has 2 rings (SSSR count). The summed E-state index contributed by atoms with van der Waals surface area (Å²) in [6.45, 7) is 4.22. The maximum atomic E-state index is 12.0. The summed E-state index contributed by atoms with van der Waals surface area (Å²) in [6, 6.07) is 1.86. The number of aromatic nitrogens is 2. The summed E-state index contributed by atoms with van der Waals surface area (Å²) in [7, 11) is 0. The Morgan fingerprint density at radius 3 is 2.68 bits per heavy atom. The zero-order chi connectivity index (χ0) is 13.7. The minimum atomic E-state index is 0.0354. The number of nitrogens with one attached hydrogen (secondary N) is 1. The van der Waals surface area contributed by atoms with Crippen molar-refractivity contribution in [2.75, 3.05) is 19.6 Å². The van der Waals surface area contributed by atoms with Crippen LogP contribution in [0.3, 0.4) is 0 Å². The predicted octanol–water partition coefficient (Wildman–Crippen LogP) is 0.258. The third kappa shape index (κ3) is 3.81. The number of hydrogen-bond donors (Lipinski definition) is 1. The minimum absolute atomic E-state index is 0.0354. The van der Waals surface area contributed by atoms with Gasteiger partial charge in [0.25, 0.3) is 0 Å². The number of hydrogen-bond acceptors (Lipinski definition) is 3. The number of piperidine rings is 1. The van der Waals surface area contributed by atoms with Gasteiger partial charge in [0.15, 0.2) is 0 Å². The molecule has 6 nitrogen and oxygen atoms in total. The third-order valence-electron chi connectivity index (χ3n) is 3.51. The minimum Gasteiger partial charge on any atom is -0.354 e. The number of rotatable bonds is 4. The monoisotopic (exact) mass is 264 g/mol. The van der Waals surface area contributed by atoms with E-state index in [4.69, 9.17) is 0 Å². The summed E-state index contributed by atoms with van der Waals surface area (Å²) in [5, 5.41) is 7.01. The van der Waals surface area contributed by atoms with Gasteiger partial charge < -0.3 is 10.2 Å². The molecule has 1 aliphatic heterocycles. The molecule has 1 aliphatic rings. The largest absolute Gasteiger partial charge is 0.354 e. The summed E-state index contributed by atoms with van der Waals surface area (Å²) in [5.41, 5.74) is 0.